The van der Waals surface area contributed by atoms with Crippen LogP contribution >= 0.6 is 15.9 Å². The predicted octanol–water partition coefficient (Wildman–Crippen LogP) is 3.53. The number of hydrogen-bond acceptors (Lipinski definition) is 5. The minimum atomic E-state index is -0.605. The number of nitro groups is 1. The van der Waals surface area contributed by atoms with Crippen LogP contribution in [0.3, 0.4) is 0 Å². The number of halogens is 2. The maximum atomic E-state index is 13.3. The van der Waals surface area contributed by atoms with Crippen LogP contribution in [0.1, 0.15) is 5.56 Å². The number of aromatic nitrogens is 1. The molecule has 0 spiro atoms. The number of nitrogen functional groups attached to an aromatic ring is 1. The van der Waals surface area contributed by atoms with Gasteiger partial charge in [0.1, 0.15) is 11.6 Å². The first-order valence-electron chi connectivity index (χ1n) is 5.52. The summed E-state index contributed by atoms with van der Waals surface area (Å²) in [7, 11) is 0. The fourth-order valence-corrected chi connectivity index (χ4v) is 1.95. The summed E-state index contributed by atoms with van der Waals surface area (Å²) >= 11 is 3.09. The highest BCUT2D eigenvalue weighted by Crippen LogP contribution is 2.28. The van der Waals surface area contributed by atoms with Gasteiger partial charge in [-0.3, -0.25) is 10.1 Å². The quantitative estimate of drug-likeness (QED) is 0.658. The summed E-state index contributed by atoms with van der Waals surface area (Å²) in [5.74, 6) is -0.210. The van der Waals surface area contributed by atoms with Gasteiger partial charge in [0.2, 0.25) is 5.82 Å². The Morgan fingerprint density at radius 1 is 1.45 bits per heavy atom. The van der Waals surface area contributed by atoms with Crippen molar-refractivity contribution in [3.05, 3.63) is 50.2 Å². The lowest BCUT2D eigenvalue weighted by Crippen LogP contribution is -2.02. The van der Waals surface area contributed by atoms with Crippen LogP contribution in [0.2, 0.25) is 0 Å². The molecule has 0 aliphatic carbocycles. The van der Waals surface area contributed by atoms with Crippen LogP contribution in [0.25, 0.3) is 0 Å². The van der Waals surface area contributed by atoms with Crippen LogP contribution in [0, 0.1) is 22.9 Å². The molecular formula is C12H10BrFN4O2. The Hall–Kier alpha value is -2.22. The van der Waals surface area contributed by atoms with E-state index in [1.54, 1.807) is 13.0 Å². The standard InChI is InChI=1S/C12H10BrFN4O2/c1-6-4-8(14)7(13)5-9(6)16-11-3-2-10(18(19)20)12(15)17-11/h2-5H,1H3,(H3,15,16,17). The van der Waals surface area contributed by atoms with Gasteiger partial charge >= 0.3 is 5.69 Å². The zero-order chi connectivity index (χ0) is 14.9. The van der Waals surface area contributed by atoms with Crippen molar-refractivity contribution < 1.29 is 9.31 Å². The number of rotatable bonds is 3. The Morgan fingerprint density at radius 2 is 2.15 bits per heavy atom. The van der Waals surface area contributed by atoms with Crippen LogP contribution in [-0.4, -0.2) is 9.91 Å². The van der Waals surface area contributed by atoms with Crippen LogP contribution in [0.5, 0.6) is 0 Å². The molecule has 0 amide bonds. The van der Waals surface area contributed by atoms with Crippen molar-refractivity contribution >= 4 is 38.9 Å². The molecule has 0 saturated heterocycles. The highest BCUT2D eigenvalue weighted by atomic mass is 79.9. The lowest BCUT2D eigenvalue weighted by molar-refractivity contribution is -0.384. The van der Waals surface area contributed by atoms with E-state index in [0.29, 0.717) is 21.5 Å². The van der Waals surface area contributed by atoms with Crippen LogP contribution in [0.15, 0.2) is 28.7 Å². The Labute approximate surface area is 122 Å². The van der Waals surface area contributed by atoms with Crippen LogP contribution in [-0.2, 0) is 0 Å². The van der Waals surface area contributed by atoms with Crippen molar-refractivity contribution in [3.8, 4) is 0 Å². The number of nitrogens with two attached hydrogens (primary N) is 1. The third kappa shape index (κ3) is 2.85. The van der Waals surface area contributed by atoms with Gasteiger partial charge in [-0.2, -0.15) is 0 Å². The maximum absolute atomic E-state index is 13.3. The zero-order valence-electron chi connectivity index (χ0n) is 10.4. The van der Waals surface area contributed by atoms with Crippen molar-refractivity contribution in [2.24, 2.45) is 0 Å². The van der Waals surface area contributed by atoms with Crippen molar-refractivity contribution in [2.45, 2.75) is 6.92 Å². The highest BCUT2D eigenvalue weighted by Gasteiger charge is 2.13. The lowest BCUT2D eigenvalue weighted by Gasteiger charge is -2.10. The van der Waals surface area contributed by atoms with Gasteiger partial charge in [0.25, 0.3) is 0 Å². The smallest absolute Gasteiger partial charge is 0.311 e. The monoisotopic (exact) mass is 340 g/mol. The van der Waals surface area contributed by atoms with Crippen LogP contribution < -0.4 is 11.1 Å². The second-order valence-electron chi connectivity index (χ2n) is 4.06. The summed E-state index contributed by atoms with van der Waals surface area (Å²) in [5.41, 5.74) is 6.54. The van der Waals surface area contributed by atoms with Crippen molar-refractivity contribution in [1.29, 1.82) is 0 Å². The van der Waals surface area contributed by atoms with Crippen molar-refractivity contribution in [2.75, 3.05) is 11.1 Å². The number of nitrogens with one attached hydrogen (secondary N) is 1. The molecule has 0 unspecified atom stereocenters. The summed E-state index contributed by atoms with van der Waals surface area (Å²) in [5, 5.41) is 13.6. The summed E-state index contributed by atoms with van der Waals surface area (Å²) < 4.78 is 13.6. The predicted molar refractivity (Wildman–Crippen MR) is 77.4 cm³/mol. The van der Waals surface area contributed by atoms with Gasteiger partial charge in [-0.1, -0.05) is 0 Å². The summed E-state index contributed by atoms with van der Waals surface area (Å²) in [6.07, 6.45) is 0. The molecule has 8 heteroatoms. The minimum Gasteiger partial charge on any atom is -0.378 e. The molecule has 1 heterocycles. The Kier molecular flexibility index (Phi) is 3.84. The van der Waals surface area contributed by atoms with E-state index < -0.39 is 4.92 Å². The molecule has 3 N–H and O–H groups in total. The van der Waals surface area contributed by atoms with Gasteiger partial charge in [0, 0.05) is 11.8 Å². The first-order chi connectivity index (χ1) is 9.38. The average Bonchev–Trinajstić information content (AvgIpc) is 2.35. The molecule has 0 aliphatic rings. The Bertz CT molecular complexity index is 693. The lowest BCUT2D eigenvalue weighted by atomic mass is 10.2. The molecule has 0 bridgehead atoms. The van der Waals surface area contributed by atoms with E-state index in [0.717, 1.165) is 0 Å². The Morgan fingerprint density at radius 3 is 2.75 bits per heavy atom. The molecule has 0 aliphatic heterocycles. The number of benzene rings is 1. The molecule has 6 nitrogen and oxygen atoms in total. The van der Waals surface area contributed by atoms with E-state index in [-0.39, 0.29) is 17.3 Å². The molecule has 0 fully saturated rings. The number of pyridine rings is 1. The first-order valence-corrected chi connectivity index (χ1v) is 6.31. The van der Waals surface area contributed by atoms with Gasteiger partial charge < -0.3 is 11.1 Å². The van der Waals surface area contributed by atoms with Gasteiger partial charge in [-0.15, -0.1) is 0 Å². The minimum absolute atomic E-state index is 0.182. The number of hydrogen-bond donors (Lipinski definition) is 2. The third-order valence-corrected chi connectivity index (χ3v) is 3.24. The van der Waals surface area contributed by atoms with E-state index >= 15 is 0 Å². The summed E-state index contributed by atoms with van der Waals surface area (Å²) in [6, 6.07) is 5.62. The van der Waals surface area contributed by atoms with Crippen molar-refractivity contribution in [3.63, 3.8) is 0 Å². The number of aryl methyl sites for hydroxylation is 1. The third-order valence-electron chi connectivity index (χ3n) is 2.63. The molecular weight excluding hydrogens is 331 g/mol. The molecule has 1 aromatic carbocycles. The molecule has 2 rings (SSSR count). The Balaban J connectivity index is 2.33. The van der Waals surface area contributed by atoms with E-state index in [1.807, 2.05) is 0 Å². The average molecular weight is 341 g/mol. The van der Waals surface area contributed by atoms with Gasteiger partial charge in [0.05, 0.1) is 9.40 Å². The van der Waals surface area contributed by atoms with Crippen molar-refractivity contribution in [1.82, 2.24) is 4.98 Å². The molecule has 0 radical (unpaired) electrons. The number of anilines is 3. The maximum Gasteiger partial charge on any atom is 0.311 e. The molecule has 104 valence electrons. The van der Waals surface area contributed by atoms with E-state index in [9.17, 15) is 14.5 Å². The number of nitrogens with zero attached hydrogens (tertiary/aromatic N) is 2. The molecule has 0 atom stereocenters. The molecule has 20 heavy (non-hydrogen) atoms. The fourth-order valence-electron chi connectivity index (χ4n) is 1.61. The van der Waals surface area contributed by atoms with E-state index in [1.165, 1.54) is 18.2 Å². The second-order valence-corrected chi connectivity index (χ2v) is 4.92. The normalized spacial score (nSPS) is 10.3. The van der Waals surface area contributed by atoms with Gasteiger partial charge in [0.15, 0.2) is 0 Å². The SMILES string of the molecule is Cc1cc(F)c(Br)cc1Nc1ccc([N+](=O)[O-])c(N)n1. The second kappa shape index (κ2) is 5.41. The first kappa shape index (κ1) is 14.2. The molecule has 2 aromatic rings. The summed E-state index contributed by atoms with van der Waals surface area (Å²) in [4.78, 5) is 13.9. The van der Waals surface area contributed by atoms with E-state index in [2.05, 4.69) is 26.2 Å². The summed E-state index contributed by atoms with van der Waals surface area (Å²) in [6.45, 7) is 1.73. The highest BCUT2D eigenvalue weighted by molar-refractivity contribution is 9.10. The largest absolute Gasteiger partial charge is 0.378 e. The van der Waals surface area contributed by atoms with Gasteiger partial charge in [-0.05, 0) is 46.6 Å². The van der Waals surface area contributed by atoms with E-state index in [4.69, 9.17) is 5.73 Å². The fraction of sp³-hybridized carbons (Fsp3) is 0.0833. The van der Waals surface area contributed by atoms with Crippen LogP contribution in [0.4, 0.5) is 27.4 Å². The molecule has 0 saturated carbocycles. The zero-order valence-corrected chi connectivity index (χ0v) is 11.9. The molecule has 1 aromatic heterocycles. The van der Waals surface area contributed by atoms with Gasteiger partial charge in [-0.25, -0.2) is 9.37 Å². The topological polar surface area (TPSA) is 94.1 Å².